The summed E-state index contributed by atoms with van der Waals surface area (Å²) in [5.74, 6) is 4.18. The summed E-state index contributed by atoms with van der Waals surface area (Å²) in [7, 11) is 0. The molecule has 0 spiro atoms. The van der Waals surface area contributed by atoms with E-state index in [-0.39, 0.29) is 55.1 Å². The van der Waals surface area contributed by atoms with E-state index in [0.29, 0.717) is 44.4 Å². The van der Waals surface area contributed by atoms with Crippen LogP contribution in [0.15, 0.2) is 21.6 Å². The summed E-state index contributed by atoms with van der Waals surface area (Å²) < 4.78 is 17.1. The number of carbonyl (C=O) groups excluding carboxylic acids is 2. The molecule has 0 aromatic carbocycles. The van der Waals surface area contributed by atoms with E-state index in [4.69, 9.17) is 37.1 Å². The first kappa shape index (κ1) is 42.9. The Morgan fingerprint density at radius 2 is 1.66 bits per heavy atom. The van der Waals surface area contributed by atoms with Gasteiger partial charge in [0.2, 0.25) is 5.91 Å². The number of guanidine groups is 2. The van der Waals surface area contributed by atoms with Crippen molar-refractivity contribution < 1.29 is 23.8 Å². The van der Waals surface area contributed by atoms with E-state index < -0.39 is 6.04 Å². The van der Waals surface area contributed by atoms with Gasteiger partial charge in [-0.3, -0.25) is 9.79 Å². The largest absolute Gasteiger partial charge is 0.460 e. The predicted octanol–water partition coefficient (Wildman–Crippen LogP) is 5.17. The van der Waals surface area contributed by atoms with Crippen molar-refractivity contribution in [3.8, 4) is 0 Å². The van der Waals surface area contributed by atoms with Crippen LogP contribution in [0.5, 0.6) is 0 Å². The fraction of sp³-hybridized carbons (Fsp3) is 0.854. The zero-order valence-corrected chi connectivity index (χ0v) is 33.6. The van der Waals surface area contributed by atoms with Crippen molar-refractivity contribution in [3.63, 3.8) is 0 Å². The SMILES string of the molecule is CC(C)CCCC(C)C1CCC2C3CC=C4CC(OC(=O)COCCOCCNC(=O)C(CCCCN=C(N)N)N=C(N)N)CCC4(C)C3CCC12C. The van der Waals surface area contributed by atoms with Crippen LogP contribution in [0.2, 0.25) is 0 Å². The van der Waals surface area contributed by atoms with Gasteiger partial charge in [0.15, 0.2) is 11.9 Å². The van der Waals surface area contributed by atoms with E-state index in [9.17, 15) is 9.59 Å². The van der Waals surface area contributed by atoms with Gasteiger partial charge in [-0.25, -0.2) is 9.79 Å². The maximum atomic E-state index is 12.7. The van der Waals surface area contributed by atoms with E-state index in [1.165, 1.54) is 56.9 Å². The van der Waals surface area contributed by atoms with Crippen LogP contribution in [-0.4, -0.2) is 75.5 Å². The predicted molar refractivity (Wildman–Crippen MR) is 212 cm³/mol. The van der Waals surface area contributed by atoms with Gasteiger partial charge in [0, 0.05) is 19.5 Å². The Kier molecular flexibility index (Phi) is 16.3. The third-order valence-corrected chi connectivity index (χ3v) is 13.5. The Morgan fingerprint density at radius 3 is 2.40 bits per heavy atom. The van der Waals surface area contributed by atoms with E-state index in [2.05, 4.69) is 56.0 Å². The molecule has 4 aliphatic carbocycles. The number of nitrogens with one attached hydrogen (secondary N) is 1. The Bertz CT molecular complexity index is 1280. The highest BCUT2D eigenvalue weighted by molar-refractivity contribution is 5.86. The first-order valence-electron chi connectivity index (χ1n) is 20.7. The summed E-state index contributed by atoms with van der Waals surface area (Å²) in [4.78, 5) is 33.3. The quantitative estimate of drug-likeness (QED) is 0.0345. The zero-order chi connectivity index (χ0) is 38.6. The molecule has 12 nitrogen and oxygen atoms in total. The second-order valence-electron chi connectivity index (χ2n) is 17.5. The van der Waals surface area contributed by atoms with E-state index in [1.54, 1.807) is 0 Å². The van der Waals surface area contributed by atoms with E-state index in [0.717, 1.165) is 54.8 Å². The number of amides is 1. The highest BCUT2D eigenvalue weighted by Gasteiger charge is 2.59. The molecule has 0 aliphatic heterocycles. The van der Waals surface area contributed by atoms with Gasteiger partial charge < -0.3 is 42.5 Å². The lowest BCUT2D eigenvalue weighted by Gasteiger charge is -2.58. The summed E-state index contributed by atoms with van der Waals surface area (Å²) in [6.45, 7) is 13.9. The van der Waals surface area contributed by atoms with Crippen molar-refractivity contribution in [1.29, 1.82) is 0 Å². The van der Waals surface area contributed by atoms with Crippen molar-refractivity contribution in [2.24, 2.45) is 79.3 Å². The molecule has 0 aromatic rings. The standard InChI is InChI=1S/C41H73N7O5/c1-27(2)9-8-10-28(3)32-14-15-33-31-13-12-29-25-30(16-18-40(29,4)34(31)17-19-41(32,33)5)53-36(49)26-52-24-23-51-22-21-46-37(50)35(48-39(44)45)11-6-7-20-47-38(42)43/h12,27-28,30-35H,6-11,13-26H2,1-5H3,(H,46,50)(H4,42,43,47)(H4,44,45,48). The van der Waals surface area contributed by atoms with Crippen LogP contribution in [0.1, 0.15) is 125 Å². The van der Waals surface area contributed by atoms with Gasteiger partial charge in [0.25, 0.3) is 0 Å². The number of fused-ring (bicyclic) bond motifs is 5. The molecular formula is C41H73N7O5. The maximum Gasteiger partial charge on any atom is 0.332 e. The summed E-state index contributed by atoms with van der Waals surface area (Å²) in [6, 6.07) is -0.695. The Hall–Kier alpha value is -2.86. The average Bonchev–Trinajstić information content (AvgIpc) is 3.45. The number of nitrogens with zero attached hydrogens (tertiary/aromatic N) is 2. The Balaban J connectivity index is 1.12. The van der Waals surface area contributed by atoms with Gasteiger partial charge in [0.05, 0.1) is 19.8 Å². The van der Waals surface area contributed by atoms with Crippen molar-refractivity contribution in [2.75, 3.05) is 39.5 Å². The molecule has 0 saturated heterocycles. The van der Waals surface area contributed by atoms with Gasteiger partial charge in [-0.2, -0.15) is 0 Å². The summed E-state index contributed by atoms with van der Waals surface area (Å²) in [6.07, 6.45) is 18.0. The molecule has 1 amide bonds. The number of allylic oxidation sites excluding steroid dienone is 1. The number of nitrogens with two attached hydrogens (primary N) is 4. The molecule has 9 atom stereocenters. The van der Waals surface area contributed by atoms with Gasteiger partial charge in [-0.15, -0.1) is 0 Å². The highest BCUT2D eigenvalue weighted by atomic mass is 16.6. The Labute approximate surface area is 319 Å². The monoisotopic (exact) mass is 744 g/mol. The molecular weight excluding hydrogens is 670 g/mol. The van der Waals surface area contributed by atoms with Gasteiger partial charge in [-0.1, -0.05) is 65.5 Å². The Morgan fingerprint density at radius 1 is 0.887 bits per heavy atom. The zero-order valence-electron chi connectivity index (χ0n) is 33.6. The van der Waals surface area contributed by atoms with E-state index >= 15 is 0 Å². The fourth-order valence-electron chi connectivity index (χ4n) is 10.8. The molecule has 4 aliphatic rings. The number of ether oxygens (including phenoxy) is 3. The summed E-state index contributed by atoms with van der Waals surface area (Å²) in [5.41, 5.74) is 23.9. The summed E-state index contributed by atoms with van der Waals surface area (Å²) >= 11 is 0. The number of aliphatic imine (C=N–C) groups is 2. The minimum absolute atomic E-state index is 0.0383. The first-order chi connectivity index (χ1) is 25.2. The molecule has 0 radical (unpaired) electrons. The topological polar surface area (TPSA) is 203 Å². The van der Waals surface area contributed by atoms with Gasteiger partial charge in [-0.05, 0) is 111 Å². The number of unbranched alkanes of at least 4 members (excludes halogenated alkanes) is 1. The number of hydrogen-bond acceptors (Lipinski definition) is 7. The molecule has 3 fully saturated rings. The summed E-state index contributed by atoms with van der Waals surface area (Å²) in [5, 5.41) is 2.80. The second kappa shape index (κ2) is 20.2. The molecule has 0 bridgehead atoms. The molecule has 4 rings (SSSR count). The maximum absolute atomic E-state index is 12.7. The smallest absolute Gasteiger partial charge is 0.332 e. The molecule has 9 N–H and O–H groups in total. The second-order valence-corrected chi connectivity index (χ2v) is 17.5. The molecule has 12 heteroatoms. The lowest BCUT2D eigenvalue weighted by atomic mass is 9.47. The number of hydrogen-bond donors (Lipinski definition) is 5. The first-order valence-corrected chi connectivity index (χ1v) is 20.7. The average molecular weight is 744 g/mol. The van der Waals surface area contributed by atoms with Crippen LogP contribution in [-0.2, 0) is 23.8 Å². The van der Waals surface area contributed by atoms with E-state index in [1.807, 2.05) is 0 Å². The van der Waals surface area contributed by atoms with Crippen LogP contribution in [0.3, 0.4) is 0 Å². The van der Waals surface area contributed by atoms with Crippen LogP contribution >= 0.6 is 0 Å². The third-order valence-electron chi connectivity index (χ3n) is 13.5. The van der Waals surface area contributed by atoms with Gasteiger partial charge in [0.1, 0.15) is 18.8 Å². The molecule has 9 unspecified atom stereocenters. The van der Waals surface area contributed by atoms with Crippen LogP contribution in [0, 0.1) is 46.3 Å². The van der Waals surface area contributed by atoms with Gasteiger partial charge >= 0.3 is 5.97 Å². The fourth-order valence-corrected chi connectivity index (χ4v) is 10.8. The molecule has 53 heavy (non-hydrogen) atoms. The highest BCUT2D eigenvalue weighted by Crippen LogP contribution is 2.67. The molecule has 0 heterocycles. The minimum Gasteiger partial charge on any atom is -0.460 e. The normalized spacial score (nSPS) is 30.2. The lowest BCUT2D eigenvalue weighted by Crippen LogP contribution is -2.51. The number of esters is 1. The minimum atomic E-state index is -0.695. The van der Waals surface area contributed by atoms with Crippen molar-refractivity contribution in [1.82, 2.24) is 5.32 Å². The number of carbonyl (C=O) groups is 2. The third kappa shape index (κ3) is 11.8. The van der Waals surface area contributed by atoms with Crippen LogP contribution in [0.4, 0.5) is 0 Å². The lowest BCUT2D eigenvalue weighted by molar-refractivity contribution is -0.157. The van der Waals surface area contributed by atoms with Crippen molar-refractivity contribution in [3.05, 3.63) is 11.6 Å². The molecule has 0 aromatic heterocycles. The van der Waals surface area contributed by atoms with Crippen molar-refractivity contribution >= 4 is 23.8 Å². The molecule has 3 saturated carbocycles. The number of rotatable bonds is 21. The molecule has 302 valence electrons. The van der Waals surface area contributed by atoms with Crippen LogP contribution < -0.4 is 28.3 Å². The van der Waals surface area contributed by atoms with Crippen molar-refractivity contribution in [2.45, 2.75) is 137 Å². The van der Waals surface area contributed by atoms with Crippen LogP contribution in [0.25, 0.3) is 0 Å².